The lowest BCUT2D eigenvalue weighted by molar-refractivity contribution is 0.0657. The number of hydrogen-bond donors (Lipinski definition) is 1. The van der Waals surface area contributed by atoms with Gasteiger partial charge >= 0.3 is 0 Å². The fraction of sp³-hybridized carbons (Fsp3) is 0.385. The van der Waals surface area contributed by atoms with E-state index in [2.05, 4.69) is 43.3 Å². The number of halogens is 1. The summed E-state index contributed by atoms with van der Waals surface area (Å²) < 4.78 is 0. The van der Waals surface area contributed by atoms with Crippen molar-refractivity contribution in [3.63, 3.8) is 0 Å². The SMILES string of the molecule is CC1(N)CCCN(C(=O)c2ccc(-c3cc(-c4ccnc(C(C)(C)C)c4)cs3)c(Cl)c2)C1. The number of nitrogens with two attached hydrogens (primary N) is 1. The predicted octanol–water partition coefficient (Wildman–Crippen LogP) is 6.38. The van der Waals surface area contributed by atoms with Gasteiger partial charge in [-0.1, -0.05) is 38.4 Å². The van der Waals surface area contributed by atoms with Gasteiger partial charge in [0.25, 0.3) is 5.91 Å². The highest BCUT2D eigenvalue weighted by molar-refractivity contribution is 7.14. The molecule has 2 N–H and O–H groups in total. The quantitative estimate of drug-likeness (QED) is 0.486. The van der Waals surface area contributed by atoms with Gasteiger partial charge in [-0.25, -0.2) is 0 Å². The third-order valence-electron chi connectivity index (χ3n) is 5.96. The van der Waals surface area contributed by atoms with Gasteiger partial charge in [-0.15, -0.1) is 11.3 Å². The van der Waals surface area contributed by atoms with Gasteiger partial charge in [-0.3, -0.25) is 9.78 Å². The van der Waals surface area contributed by atoms with Crippen molar-refractivity contribution in [1.29, 1.82) is 0 Å². The van der Waals surface area contributed by atoms with Crippen molar-refractivity contribution in [3.8, 4) is 21.6 Å². The zero-order chi connectivity index (χ0) is 23.1. The van der Waals surface area contributed by atoms with Gasteiger partial charge in [0.1, 0.15) is 0 Å². The van der Waals surface area contributed by atoms with Gasteiger partial charge in [-0.2, -0.15) is 0 Å². The Morgan fingerprint density at radius 1 is 1.19 bits per heavy atom. The molecule has 168 valence electrons. The van der Waals surface area contributed by atoms with Crippen LogP contribution in [-0.2, 0) is 5.41 Å². The molecule has 0 aliphatic carbocycles. The third-order valence-corrected chi connectivity index (χ3v) is 7.23. The van der Waals surface area contributed by atoms with E-state index in [1.54, 1.807) is 17.4 Å². The van der Waals surface area contributed by atoms with Crippen LogP contribution < -0.4 is 5.73 Å². The van der Waals surface area contributed by atoms with E-state index >= 15 is 0 Å². The Bertz CT molecular complexity index is 1150. The molecule has 3 heterocycles. The lowest BCUT2D eigenvalue weighted by Gasteiger charge is -2.37. The van der Waals surface area contributed by atoms with E-state index in [0.29, 0.717) is 17.1 Å². The summed E-state index contributed by atoms with van der Waals surface area (Å²) in [4.78, 5) is 20.4. The van der Waals surface area contributed by atoms with Gasteiger partial charge in [0.15, 0.2) is 0 Å². The van der Waals surface area contributed by atoms with E-state index in [-0.39, 0.29) is 16.9 Å². The van der Waals surface area contributed by atoms with Gasteiger partial charge in [0, 0.05) is 51.9 Å². The van der Waals surface area contributed by atoms with E-state index in [4.69, 9.17) is 17.3 Å². The Balaban J connectivity index is 1.57. The van der Waals surface area contributed by atoms with Crippen LogP contribution in [0.1, 0.15) is 56.6 Å². The number of thiophene rings is 1. The fourth-order valence-corrected chi connectivity index (χ4v) is 5.42. The Hall–Kier alpha value is -2.21. The van der Waals surface area contributed by atoms with Crippen molar-refractivity contribution in [3.05, 3.63) is 64.3 Å². The number of piperidine rings is 1. The monoisotopic (exact) mass is 467 g/mol. The highest BCUT2D eigenvalue weighted by Crippen LogP contribution is 2.37. The number of aromatic nitrogens is 1. The molecule has 32 heavy (non-hydrogen) atoms. The Kier molecular flexibility index (Phi) is 6.19. The molecule has 4 rings (SSSR count). The van der Waals surface area contributed by atoms with Crippen molar-refractivity contribution in [1.82, 2.24) is 9.88 Å². The standard InChI is InChI=1S/C26H30ClN3OS/c1-25(2,3)23-14-17(8-10-29-23)19-13-22(32-15-19)20-7-6-18(12-21(20)27)24(31)30-11-5-9-26(4,28)16-30/h6-8,10,12-15H,5,9,11,16,28H2,1-4H3. The number of rotatable bonds is 3. The van der Waals surface area contributed by atoms with Gasteiger partial charge < -0.3 is 10.6 Å². The maximum Gasteiger partial charge on any atom is 0.253 e. The van der Waals surface area contributed by atoms with E-state index in [0.717, 1.165) is 46.6 Å². The van der Waals surface area contributed by atoms with E-state index in [9.17, 15) is 4.79 Å². The summed E-state index contributed by atoms with van der Waals surface area (Å²) in [5.41, 5.74) is 10.8. The maximum atomic E-state index is 13.0. The summed E-state index contributed by atoms with van der Waals surface area (Å²) in [6.07, 6.45) is 3.73. The summed E-state index contributed by atoms with van der Waals surface area (Å²) in [6, 6.07) is 11.9. The zero-order valence-corrected chi connectivity index (χ0v) is 20.7. The number of pyridine rings is 1. The molecule has 1 aliphatic heterocycles. The van der Waals surface area contributed by atoms with Crippen LogP contribution in [0.15, 0.2) is 48.0 Å². The van der Waals surface area contributed by atoms with Crippen molar-refractivity contribution in [2.75, 3.05) is 13.1 Å². The van der Waals surface area contributed by atoms with Crippen LogP contribution in [-0.4, -0.2) is 34.4 Å². The van der Waals surface area contributed by atoms with E-state index < -0.39 is 0 Å². The molecule has 2 aromatic heterocycles. The first kappa shape index (κ1) is 23.0. The molecule has 3 aromatic rings. The van der Waals surface area contributed by atoms with Gasteiger partial charge in [0.2, 0.25) is 0 Å². The number of amides is 1. The minimum atomic E-state index is -0.329. The van der Waals surface area contributed by atoms with Crippen LogP contribution in [0, 0.1) is 0 Å². The first-order valence-corrected chi connectivity index (χ1v) is 12.2. The second-order valence-corrected chi connectivity index (χ2v) is 11.4. The summed E-state index contributed by atoms with van der Waals surface area (Å²) in [7, 11) is 0. The largest absolute Gasteiger partial charge is 0.337 e. The molecular weight excluding hydrogens is 438 g/mol. The Morgan fingerprint density at radius 3 is 2.66 bits per heavy atom. The molecule has 1 fully saturated rings. The summed E-state index contributed by atoms with van der Waals surface area (Å²) in [5, 5.41) is 2.73. The minimum Gasteiger partial charge on any atom is -0.337 e. The first-order valence-electron chi connectivity index (χ1n) is 11.0. The molecule has 1 aliphatic rings. The summed E-state index contributed by atoms with van der Waals surface area (Å²) >= 11 is 8.29. The van der Waals surface area contributed by atoms with Crippen LogP contribution >= 0.6 is 22.9 Å². The lowest BCUT2D eigenvalue weighted by atomic mass is 9.90. The number of likely N-dealkylation sites (tertiary alicyclic amines) is 1. The molecule has 1 unspecified atom stereocenters. The van der Waals surface area contributed by atoms with Crippen molar-refractivity contribution >= 4 is 28.8 Å². The number of carbonyl (C=O) groups excluding carboxylic acids is 1. The third kappa shape index (κ3) is 4.90. The molecule has 0 spiro atoms. The second-order valence-electron chi connectivity index (χ2n) is 10.1. The molecule has 1 aromatic carbocycles. The molecule has 1 atom stereocenters. The van der Waals surface area contributed by atoms with Crippen molar-refractivity contribution < 1.29 is 4.79 Å². The van der Waals surface area contributed by atoms with Crippen LogP contribution in [0.25, 0.3) is 21.6 Å². The minimum absolute atomic E-state index is 0.00374. The molecule has 0 saturated carbocycles. The molecule has 1 amide bonds. The van der Waals surface area contributed by atoms with E-state index in [1.807, 2.05) is 36.2 Å². The molecule has 6 heteroatoms. The summed E-state index contributed by atoms with van der Waals surface area (Å²) in [6.45, 7) is 9.81. The number of carbonyl (C=O) groups is 1. The topological polar surface area (TPSA) is 59.2 Å². The smallest absolute Gasteiger partial charge is 0.253 e. The molecule has 4 nitrogen and oxygen atoms in total. The summed E-state index contributed by atoms with van der Waals surface area (Å²) in [5.74, 6) is -0.00631. The molecule has 0 radical (unpaired) electrons. The fourth-order valence-electron chi connectivity index (χ4n) is 4.12. The average molecular weight is 468 g/mol. The average Bonchev–Trinajstić information content (AvgIpc) is 3.22. The number of nitrogens with zero attached hydrogens (tertiary/aromatic N) is 2. The molecule has 1 saturated heterocycles. The van der Waals surface area contributed by atoms with Crippen LogP contribution in [0.4, 0.5) is 0 Å². The van der Waals surface area contributed by atoms with Crippen molar-refractivity contribution in [2.24, 2.45) is 5.73 Å². The highest BCUT2D eigenvalue weighted by Gasteiger charge is 2.30. The normalized spacial score (nSPS) is 19.2. The Labute approximate surface area is 199 Å². The van der Waals surface area contributed by atoms with Gasteiger partial charge in [-0.05, 0) is 66.6 Å². The Morgan fingerprint density at radius 2 is 1.97 bits per heavy atom. The van der Waals surface area contributed by atoms with Crippen molar-refractivity contribution in [2.45, 2.75) is 51.5 Å². The second kappa shape index (κ2) is 8.62. The zero-order valence-electron chi connectivity index (χ0n) is 19.1. The molecular formula is C26H30ClN3OS. The maximum absolute atomic E-state index is 13.0. The van der Waals surface area contributed by atoms with Crippen LogP contribution in [0.5, 0.6) is 0 Å². The van der Waals surface area contributed by atoms with Crippen LogP contribution in [0.3, 0.4) is 0 Å². The number of hydrogen-bond acceptors (Lipinski definition) is 4. The predicted molar refractivity (Wildman–Crippen MR) is 134 cm³/mol. The van der Waals surface area contributed by atoms with Crippen LogP contribution in [0.2, 0.25) is 5.02 Å². The molecule has 0 bridgehead atoms. The lowest BCUT2D eigenvalue weighted by Crippen LogP contribution is -2.53. The van der Waals surface area contributed by atoms with Gasteiger partial charge in [0.05, 0.1) is 5.02 Å². The van der Waals surface area contributed by atoms with E-state index in [1.165, 1.54) is 0 Å². The highest BCUT2D eigenvalue weighted by atomic mass is 35.5. The first-order chi connectivity index (χ1) is 15.0. The number of benzene rings is 1.